The minimum absolute atomic E-state index is 0.382. The van der Waals surface area contributed by atoms with Crippen LogP contribution in [-0.4, -0.2) is 25.1 Å². The molecule has 3 aromatic heterocycles. The second-order valence-electron chi connectivity index (χ2n) is 5.68. The second kappa shape index (κ2) is 5.86. The van der Waals surface area contributed by atoms with E-state index in [9.17, 15) is 0 Å². The Morgan fingerprint density at radius 3 is 3.04 bits per heavy atom. The van der Waals surface area contributed by atoms with Crippen LogP contribution in [0.4, 0.5) is 0 Å². The maximum Gasteiger partial charge on any atom is 0.244 e. The average Bonchev–Trinajstić information content (AvgIpc) is 3.23. The number of hydrogen-bond acceptors (Lipinski definition) is 6. The maximum absolute atomic E-state index is 6.26. The molecule has 3 heterocycles. The lowest BCUT2D eigenvalue weighted by Gasteiger charge is -2.05. The van der Waals surface area contributed by atoms with E-state index in [-0.39, 0.29) is 6.04 Å². The maximum atomic E-state index is 6.26. The summed E-state index contributed by atoms with van der Waals surface area (Å²) in [5.41, 5.74) is 10.0. The zero-order valence-electron chi connectivity index (χ0n) is 13.1. The zero-order chi connectivity index (χ0) is 16.5. The van der Waals surface area contributed by atoms with Crippen molar-refractivity contribution in [3.63, 3.8) is 0 Å². The van der Waals surface area contributed by atoms with Gasteiger partial charge in [0.15, 0.2) is 0 Å². The lowest BCUT2D eigenvalue weighted by molar-refractivity contribution is 0.354. The van der Waals surface area contributed by atoms with E-state index in [4.69, 9.17) is 10.3 Å². The number of nitrogens with zero attached hydrogens (tertiary/aromatic N) is 4. The third kappa shape index (κ3) is 2.55. The molecule has 0 spiro atoms. The standard InChI is InChI=1S/C17H16N6O/c1-10-7-19-9-21-15(10)16-22-17(24-23-16)13(18)6-11-8-20-14-5-3-2-4-12(11)14/h2-5,7-9,13,20H,6,18H2,1H3/t13-/m0/s1. The van der Waals surface area contributed by atoms with Gasteiger partial charge >= 0.3 is 0 Å². The van der Waals surface area contributed by atoms with E-state index >= 15 is 0 Å². The highest BCUT2D eigenvalue weighted by Gasteiger charge is 2.19. The van der Waals surface area contributed by atoms with Crippen LogP contribution < -0.4 is 5.73 Å². The van der Waals surface area contributed by atoms with Crippen molar-refractivity contribution in [3.05, 3.63) is 60.0 Å². The van der Waals surface area contributed by atoms with Gasteiger partial charge in [0, 0.05) is 23.3 Å². The summed E-state index contributed by atoms with van der Waals surface area (Å²) in [6, 6.07) is 7.72. The molecule has 0 fully saturated rings. The number of rotatable bonds is 4. The van der Waals surface area contributed by atoms with Crippen molar-refractivity contribution < 1.29 is 4.52 Å². The van der Waals surface area contributed by atoms with E-state index in [2.05, 4.69) is 31.2 Å². The third-order valence-electron chi connectivity index (χ3n) is 3.98. The predicted octanol–water partition coefficient (Wildman–Crippen LogP) is 2.56. The molecule has 0 unspecified atom stereocenters. The molecule has 0 aliphatic carbocycles. The van der Waals surface area contributed by atoms with Crippen LogP contribution >= 0.6 is 0 Å². The number of aryl methyl sites for hydroxylation is 1. The fourth-order valence-electron chi connectivity index (χ4n) is 2.74. The molecule has 120 valence electrons. The van der Waals surface area contributed by atoms with Crippen molar-refractivity contribution in [1.29, 1.82) is 0 Å². The molecule has 24 heavy (non-hydrogen) atoms. The fourth-order valence-corrected chi connectivity index (χ4v) is 2.74. The molecule has 0 amide bonds. The number of aromatic nitrogens is 5. The molecule has 1 atom stereocenters. The lowest BCUT2D eigenvalue weighted by Crippen LogP contribution is -2.13. The summed E-state index contributed by atoms with van der Waals surface area (Å²) in [6.07, 6.45) is 5.75. The average molecular weight is 320 g/mol. The molecule has 0 saturated carbocycles. The van der Waals surface area contributed by atoms with Crippen LogP contribution in [-0.2, 0) is 6.42 Å². The van der Waals surface area contributed by atoms with Crippen molar-refractivity contribution in [3.8, 4) is 11.5 Å². The summed E-state index contributed by atoms with van der Waals surface area (Å²) < 4.78 is 5.34. The smallest absolute Gasteiger partial charge is 0.244 e. The van der Waals surface area contributed by atoms with E-state index in [1.165, 1.54) is 6.33 Å². The summed E-state index contributed by atoms with van der Waals surface area (Å²) >= 11 is 0. The van der Waals surface area contributed by atoms with E-state index < -0.39 is 0 Å². The number of fused-ring (bicyclic) bond motifs is 1. The molecule has 7 heteroatoms. The third-order valence-corrected chi connectivity index (χ3v) is 3.98. The Hall–Kier alpha value is -3.06. The number of aromatic amines is 1. The number of H-pyrrole nitrogens is 1. The van der Waals surface area contributed by atoms with Gasteiger partial charge < -0.3 is 15.2 Å². The Morgan fingerprint density at radius 1 is 1.29 bits per heavy atom. The summed E-state index contributed by atoms with van der Waals surface area (Å²) in [4.78, 5) is 15.8. The van der Waals surface area contributed by atoms with Crippen molar-refractivity contribution in [2.75, 3.05) is 0 Å². The van der Waals surface area contributed by atoms with Crippen molar-refractivity contribution in [2.45, 2.75) is 19.4 Å². The first-order valence-electron chi connectivity index (χ1n) is 7.63. The molecule has 0 radical (unpaired) electrons. The van der Waals surface area contributed by atoms with E-state index in [0.29, 0.717) is 23.8 Å². The first-order valence-corrected chi connectivity index (χ1v) is 7.63. The van der Waals surface area contributed by atoms with Crippen molar-refractivity contribution >= 4 is 10.9 Å². The molecule has 7 nitrogen and oxygen atoms in total. The molecule has 4 rings (SSSR count). The van der Waals surface area contributed by atoms with Crippen LogP contribution in [0.3, 0.4) is 0 Å². The Morgan fingerprint density at radius 2 is 2.17 bits per heavy atom. The largest absolute Gasteiger partial charge is 0.361 e. The van der Waals surface area contributed by atoms with Gasteiger partial charge in [-0.15, -0.1) is 0 Å². The van der Waals surface area contributed by atoms with Crippen LogP contribution in [0.2, 0.25) is 0 Å². The van der Waals surface area contributed by atoms with Gasteiger partial charge in [-0.1, -0.05) is 23.4 Å². The quantitative estimate of drug-likeness (QED) is 0.598. The van der Waals surface area contributed by atoms with Crippen molar-refractivity contribution in [2.24, 2.45) is 5.73 Å². The second-order valence-corrected chi connectivity index (χ2v) is 5.68. The number of para-hydroxylation sites is 1. The van der Waals surface area contributed by atoms with Gasteiger partial charge in [-0.25, -0.2) is 9.97 Å². The monoisotopic (exact) mass is 320 g/mol. The topological polar surface area (TPSA) is 107 Å². The fraction of sp³-hybridized carbons (Fsp3) is 0.176. The Balaban J connectivity index is 1.59. The van der Waals surface area contributed by atoms with Gasteiger partial charge in [-0.05, 0) is 30.5 Å². The van der Waals surface area contributed by atoms with Crippen molar-refractivity contribution in [1.82, 2.24) is 25.1 Å². The highest BCUT2D eigenvalue weighted by molar-refractivity contribution is 5.83. The van der Waals surface area contributed by atoms with E-state index in [0.717, 1.165) is 22.0 Å². The summed E-state index contributed by atoms with van der Waals surface area (Å²) in [5.74, 6) is 0.826. The molecular formula is C17H16N6O. The molecule has 0 aliphatic rings. The molecule has 4 aromatic rings. The first kappa shape index (κ1) is 14.5. The van der Waals surface area contributed by atoms with E-state index in [1.807, 2.05) is 31.3 Å². The number of benzene rings is 1. The molecule has 0 bridgehead atoms. The van der Waals surface area contributed by atoms with E-state index in [1.54, 1.807) is 6.20 Å². The zero-order valence-corrected chi connectivity index (χ0v) is 13.1. The Labute approximate surface area is 137 Å². The minimum atomic E-state index is -0.382. The normalized spacial score (nSPS) is 12.6. The van der Waals surface area contributed by atoms with Crippen LogP contribution in [0.5, 0.6) is 0 Å². The van der Waals surface area contributed by atoms with Gasteiger partial charge in [0.25, 0.3) is 0 Å². The van der Waals surface area contributed by atoms with Gasteiger partial charge in [0.1, 0.15) is 12.0 Å². The molecule has 1 aromatic carbocycles. The Kier molecular flexibility index (Phi) is 3.55. The highest BCUT2D eigenvalue weighted by atomic mass is 16.5. The number of hydrogen-bond donors (Lipinski definition) is 2. The number of nitrogens with two attached hydrogens (primary N) is 1. The van der Waals surface area contributed by atoms with Crippen LogP contribution in [0.1, 0.15) is 23.1 Å². The summed E-state index contributed by atoms with van der Waals surface area (Å²) in [5, 5.41) is 5.15. The Bertz CT molecular complexity index is 989. The van der Waals surface area contributed by atoms with Gasteiger partial charge in [-0.2, -0.15) is 4.98 Å². The minimum Gasteiger partial charge on any atom is -0.361 e. The van der Waals surface area contributed by atoms with Crippen LogP contribution in [0.15, 0.2) is 47.5 Å². The summed E-state index contributed by atoms with van der Waals surface area (Å²) in [7, 11) is 0. The summed E-state index contributed by atoms with van der Waals surface area (Å²) in [6.45, 7) is 1.90. The van der Waals surface area contributed by atoms with Crippen LogP contribution in [0, 0.1) is 6.92 Å². The lowest BCUT2D eigenvalue weighted by atomic mass is 10.1. The SMILES string of the molecule is Cc1cncnc1-c1noc([C@@H](N)Cc2c[nH]c3ccccc23)n1. The molecule has 3 N–H and O–H groups in total. The molecule has 0 saturated heterocycles. The first-order chi connectivity index (χ1) is 11.7. The van der Waals surface area contributed by atoms with Gasteiger partial charge in [0.05, 0.1) is 6.04 Å². The predicted molar refractivity (Wildman–Crippen MR) is 89.0 cm³/mol. The molecular weight excluding hydrogens is 304 g/mol. The van der Waals surface area contributed by atoms with Gasteiger partial charge in [0.2, 0.25) is 11.7 Å². The number of nitrogens with one attached hydrogen (secondary N) is 1. The van der Waals surface area contributed by atoms with Crippen LogP contribution in [0.25, 0.3) is 22.4 Å². The van der Waals surface area contributed by atoms with Gasteiger partial charge in [-0.3, -0.25) is 0 Å². The molecule has 0 aliphatic heterocycles. The highest BCUT2D eigenvalue weighted by Crippen LogP contribution is 2.24.